The number of amides is 2. The molecule has 0 aromatic heterocycles. The summed E-state index contributed by atoms with van der Waals surface area (Å²) in [5.74, 6) is -3.59. The van der Waals surface area contributed by atoms with E-state index in [4.69, 9.17) is 20.1 Å². The van der Waals surface area contributed by atoms with Crippen molar-refractivity contribution < 1.29 is 43.3 Å². The lowest BCUT2D eigenvalue weighted by Gasteiger charge is -2.32. The van der Waals surface area contributed by atoms with Crippen molar-refractivity contribution in [2.45, 2.75) is 20.8 Å². The Hall–Kier alpha value is -3.12. The maximum absolute atomic E-state index is 14.1. The van der Waals surface area contributed by atoms with Crippen molar-refractivity contribution in [3.05, 3.63) is 59.2 Å². The molecular formula is C22H26B2F2N2O7. The van der Waals surface area contributed by atoms with Gasteiger partial charge < -0.3 is 30.3 Å². The Kier molecular flexibility index (Phi) is 9.27. The van der Waals surface area contributed by atoms with E-state index in [2.05, 4.69) is 5.32 Å². The lowest BCUT2D eigenvalue weighted by molar-refractivity contribution is -0.117. The number of Topliss-reactive ketones (excluding diaryl/α,β-unsaturated/α-hetero) is 1. The smallest absolute Gasteiger partial charge is 0.423 e. The molecule has 9 nitrogen and oxygen atoms in total. The minimum absolute atomic E-state index is 0.0122. The van der Waals surface area contributed by atoms with E-state index in [1.165, 1.54) is 24.0 Å². The van der Waals surface area contributed by atoms with Crippen LogP contribution in [0.1, 0.15) is 41.5 Å². The fourth-order valence-electron chi connectivity index (χ4n) is 3.39. The Bertz CT molecular complexity index is 1110. The normalized spacial score (nSPS) is 11.1. The van der Waals surface area contributed by atoms with Crippen LogP contribution in [0.3, 0.4) is 0 Å². The molecule has 0 fully saturated rings. The summed E-state index contributed by atoms with van der Waals surface area (Å²) < 4.78 is 28.1. The van der Waals surface area contributed by atoms with Gasteiger partial charge in [-0.1, -0.05) is 26.0 Å². The molecule has 186 valence electrons. The van der Waals surface area contributed by atoms with Crippen LogP contribution in [-0.4, -0.2) is 76.5 Å². The number of benzene rings is 2. The molecule has 0 heterocycles. The van der Waals surface area contributed by atoms with Crippen LogP contribution in [0.5, 0.6) is 0 Å². The predicted octanol–water partition coefficient (Wildman–Crippen LogP) is -1.19. The minimum atomic E-state index is -2.05. The molecule has 2 amide bonds. The molecular weight excluding hydrogens is 464 g/mol. The van der Waals surface area contributed by atoms with Gasteiger partial charge in [-0.25, -0.2) is 8.78 Å². The maximum atomic E-state index is 14.1. The summed E-state index contributed by atoms with van der Waals surface area (Å²) in [4.78, 5) is 38.4. The Morgan fingerprint density at radius 1 is 0.914 bits per heavy atom. The number of hydrogen-bond donors (Lipinski definition) is 5. The zero-order valence-corrected chi connectivity index (χ0v) is 19.5. The van der Waals surface area contributed by atoms with Gasteiger partial charge in [-0.05, 0) is 36.6 Å². The highest BCUT2D eigenvalue weighted by Crippen LogP contribution is 2.19. The van der Waals surface area contributed by atoms with Gasteiger partial charge in [0.2, 0.25) is 0 Å². The molecule has 2 aromatic carbocycles. The van der Waals surface area contributed by atoms with Crippen LogP contribution < -0.4 is 16.2 Å². The molecule has 13 heteroatoms. The first kappa shape index (κ1) is 28.1. The fourth-order valence-corrected chi connectivity index (χ4v) is 3.39. The molecule has 0 spiro atoms. The van der Waals surface area contributed by atoms with Crippen LogP contribution in [0.25, 0.3) is 0 Å². The third kappa shape index (κ3) is 7.69. The topological polar surface area (TPSA) is 147 Å². The molecule has 2 aromatic rings. The zero-order chi connectivity index (χ0) is 26.5. The number of halogens is 2. The molecule has 2 rings (SSSR count). The third-order valence-electron chi connectivity index (χ3n) is 5.11. The van der Waals surface area contributed by atoms with Gasteiger partial charge in [0, 0.05) is 35.1 Å². The van der Waals surface area contributed by atoms with Gasteiger partial charge in [-0.3, -0.25) is 14.4 Å². The predicted molar refractivity (Wildman–Crippen MR) is 125 cm³/mol. The summed E-state index contributed by atoms with van der Waals surface area (Å²) in [5, 5.41) is 39.1. The molecule has 0 radical (unpaired) electrons. The van der Waals surface area contributed by atoms with Crippen LogP contribution in [0.2, 0.25) is 0 Å². The highest BCUT2D eigenvalue weighted by Gasteiger charge is 2.28. The summed E-state index contributed by atoms with van der Waals surface area (Å²) in [5.41, 5.74) is -1.71. The number of carbonyl (C=O) groups is 3. The van der Waals surface area contributed by atoms with E-state index in [9.17, 15) is 23.2 Å². The Labute approximate surface area is 201 Å². The number of nitrogens with zero attached hydrogens (tertiary/aromatic N) is 1. The quantitative estimate of drug-likeness (QED) is 0.264. The van der Waals surface area contributed by atoms with Gasteiger partial charge in [-0.2, -0.15) is 0 Å². The first-order valence-electron chi connectivity index (χ1n) is 10.6. The van der Waals surface area contributed by atoms with Crippen LogP contribution in [0.15, 0.2) is 36.4 Å². The largest absolute Gasteiger partial charge is 0.491 e. The van der Waals surface area contributed by atoms with E-state index in [1.807, 2.05) is 0 Å². The SMILES string of the molecule is CC(=O)CN(CC(C)(C)CNC(=O)c1ccc(B(O)O)c(F)c1)C(=O)c1ccc(B(O)O)c(F)c1. The van der Waals surface area contributed by atoms with Crippen molar-refractivity contribution in [2.75, 3.05) is 19.6 Å². The van der Waals surface area contributed by atoms with E-state index >= 15 is 0 Å². The van der Waals surface area contributed by atoms with Crippen molar-refractivity contribution in [2.24, 2.45) is 5.41 Å². The van der Waals surface area contributed by atoms with Gasteiger partial charge in [0.1, 0.15) is 17.4 Å². The monoisotopic (exact) mass is 490 g/mol. The molecule has 0 aliphatic heterocycles. The van der Waals surface area contributed by atoms with Crippen molar-refractivity contribution in [1.82, 2.24) is 10.2 Å². The van der Waals surface area contributed by atoms with Gasteiger partial charge in [0.15, 0.2) is 0 Å². The average molecular weight is 490 g/mol. The van der Waals surface area contributed by atoms with Gasteiger partial charge in [0.05, 0.1) is 6.54 Å². The van der Waals surface area contributed by atoms with Gasteiger partial charge >= 0.3 is 14.2 Å². The van der Waals surface area contributed by atoms with Crippen molar-refractivity contribution in [3.8, 4) is 0 Å². The van der Waals surface area contributed by atoms with Gasteiger partial charge in [0.25, 0.3) is 11.8 Å². The minimum Gasteiger partial charge on any atom is -0.423 e. The highest BCUT2D eigenvalue weighted by molar-refractivity contribution is 6.59. The number of hydrogen-bond acceptors (Lipinski definition) is 7. The third-order valence-corrected chi connectivity index (χ3v) is 5.11. The van der Waals surface area contributed by atoms with E-state index < -0.39 is 48.6 Å². The molecule has 35 heavy (non-hydrogen) atoms. The summed E-state index contributed by atoms with van der Waals surface area (Å²) in [6, 6.07) is 6.29. The van der Waals surface area contributed by atoms with Crippen LogP contribution in [-0.2, 0) is 4.79 Å². The van der Waals surface area contributed by atoms with E-state index in [0.717, 1.165) is 24.3 Å². The second-order valence-electron chi connectivity index (χ2n) is 8.93. The maximum Gasteiger partial charge on any atom is 0.491 e. The van der Waals surface area contributed by atoms with Crippen LogP contribution in [0, 0.1) is 17.0 Å². The van der Waals surface area contributed by atoms with Crippen LogP contribution >= 0.6 is 0 Å². The molecule has 5 N–H and O–H groups in total. The number of carbonyl (C=O) groups excluding carboxylic acids is 3. The lowest BCUT2D eigenvalue weighted by Crippen LogP contribution is -2.46. The van der Waals surface area contributed by atoms with E-state index in [1.54, 1.807) is 13.8 Å². The summed E-state index contributed by atoms with van der Waals surface area (Å²) in [6.45, 7) is 4.43. The summed E-state index contributed by atoms with van der Waals surface area (Å²) >= 11 is 0. The Morgan fingerprint density at radius 3 is 1.86 bits per heavy atom. The number of ketones is 1. The second-order valence-corrected chi connectivity index (χ2v) is 8.93. The van der Waals surface area contributed by atoms with E-state index in [0.29, 0.717) is 0 Å². The standard InChI is InChI=1S/C22H26B2F2N2O7/c1-13(29)10-28(21(31)15-5-7-17(24(34)35)19(26)9-15)12-22(2,3)11-27-20(30)14-4-6-16(23(32)33)18(25)8-14/h4-9,32-35H,10-12H2,1-3H3,(H,27,30). The van der Waals surface area contributed by atoms with Crippen molar-refractivity contribution >= 4 is 42.8 Å². The summed E-state index contributed by atoms with van der Waals surface area (Å²) in [6.07, 6.45) is 0. The second kappa shape index (κ2) is 11.5. The number of rotatable bonds is 10. The zero-order valence-electron chi connectivity index (χ0n) is 19.5. The van der Waals surface area contributed by atoms with Crippen LogP contribution in [0.4, 0.5) is 8.78 Å². The highest BCUT2D eigenvalue weighted by atomic mass is 19.1. The number of nitrogens with one attached hydrogen (secondary N) is 1. The van der Waals surface area contributed by atoms with Gasteiger partial charge in [-0.15, -0.1) is 0 Å². The fraction of sp³-hybridized carbons (Fsp3) is 0.318. The first-order chi connectivity index (χ1) is 16.2. The molecule has 0 bridgehead atoms. The van der Waals surface area contributed by atoms with Crippen molar-refractivity contribution in [3.63, 3.8) is 0 Å². The molecule has 0 atom stereocenters. The first-order valence-corrected chi connectivity index (χ1v) is 10.6. The van der Waals surface area contributed by atoms with E-state index in [-0.39, 0.29) is 42.0 Å². The molecule has 0 saturated carbocycles. The Morgan fingerprint density at radius 2 is 1.40 bits per heavy atom. The Balaban J connectivity index is 2.14. The molecule has 0 saturated heterocycles. The lowest BCUT2D eigenvalue weighted by atomic mass is 9.79. The molecule has 0 unspecified atom stereocenters. The summed E-state index contributed by atoms with van der Waals surface area (Å²) in [7, 11) is -4.07. The molecule has 0 aliphatic carbocycles. The van der Waals surface area contributed by atoms with Crippen molar-refractivity contribution in [1.29, 1.82) is 0 Å². The average Bonchev–Trinajstić information content (AvgIpc) is 2.75. The molecule has 0 aliphatic rings.